The van der Waals surface area contributed by atoms with Gasteiger partial charge in [0.1, 0.15) is 0 Å². The van der Waals surface area contributed by atoms with E-state index in [1.165, 1.54) is 10.8 Å². The van der Waals surface area contributed by atoms with Crippen molar-refractivity contribution in [2.45, 2.75) is 56.8 Å². The zero-order valence-electron chi connectivity index (χ0n) is 14.0. The van der Waals surface area contributed by atoms with E-state index in [0.717, 1.165) is 4.90 Å². The fourth-order valence-corrected chi connectivity index (χ4v) is 3.78. The number of carbonyl (C=O) groups excluding carboxylic acids is 1. The number of benzene rings is 2. The van der Waals surface area contributed by atoms with Gasteiger partial charge < -0.3 is 4.90 Å². The van der Waals surface area contributed by atoms with Gasteiger partial charge in [0, 0.05) is 17.0 Å². The molecule has 0 bridgehead atoms. The van der Waals surface area contributed by atoms with E-state index >= 15 is 0 Å². The maximum Gasteiger partial charge on any atom is 0.236 e. The van der Waals surface area contributed by atoms with Crippen molar-refractivity contribution in [3.05, 3.63) is 42.5 Å². The quantitative estimate of drug-likeness (QED) is 0.726. The third-order valence-electron chi connectivity index (χ3n) is 3.75. The summed E-state index contributed by atoms with van der Waals surface area (Å²) in [4.78, 5) is 15.8. The molecular formula is C19H25NOS. The Bertz CT molecular complexity index is 643. The first kappa shape index (κ1) is 16.9. The minimum absolute atomic E-state index is 0.0778. The Kier molecular flexibility index (Phi) is 5.52. The molecule has 0 heterocycles. The van der Waals surface area contributed by atoms with E-state index < -0.39 is 0 Å². The van der Waals surface area contributed by atoms with Crippen molar-refractivity contribution < 1.29 is 4.79 Å². The molecule has 0 aliphatic rings. The number of rotatable bonds is 5. The number of hydrogen-bond donors (Lipinski definition) is 0. The number of nitrogens with zero attached hydrogens (tertiary/aromatic N) is 1. The first-order valence-corrected chi connectivity index (χ1v) is 8.75. The number of thioether (sulfide) groups is 1. The van der Waals surface area contributed by atoms with E-state index in [4.69, 9.17) is 0 Å². The van der Waals surface area contributed by atoms with Gasteiger partial charge in [0.15, 0.2) is 0 Å². The second kappa shape index (κ2) is 7.19. The summed E-state index contributed by atoms with van der Waals surface area (Å²) in [6, 6.07) is 15.2. The predicted molar refractivity (Wildman–Crippen MR) is 96.4 cm³/mol. The Morgan fingerprint density at radius 3 is 2.09 bits per heavy atom. The van der Waals surface area contributed by atoms with Crippen LogP contribution in [0.1, 0.15) is 34.6 Å². The summed E-state index contributed by atoms with van der Waals surface area (Å²) in [6.07, 6.45) is 0. The molecule has 0 saturated carbocycles. The average Bonchev–Trinajstić information content (AvgIpc) is 2.46. The standard InChI is InChI=1S/C19H25NOS/c1-13(2)20(14(3)4)19(21)15(5)22-18-11-10-16-8-6-7-9-17(16)12-18/h6-15H,1-5H3. The SMILES string of the molecule is CC(Sc1ccc2ccccc2c1)C(=O)N(C(C)C)C(C)C. The van der Waals surface area contributed by atoms with Crippen LogP contribution in [-0.2, 0) is 4.79 Å². The number of fused-ring (bicyclic) bond motifs is 1. The molecule has 2 aromatic carbocycles. The van der Waals surface area contributed by atoms with Gasteiger partial charge in [-0.25, -0.2) is 0 Å². The molecule has 0 N–H and O–H groups in total. The topological polar surface area (TPSA) is 20.3 Å². The van der Waals surface area contributed by atoms with Crippen LogP contribution in [-0.4, -0.2) is 28.1 Å². The van der Waals surface area contributed by atoms with Gasteiger partial charge in [-0.15, -0.1) is 11.8 Å². The molecule has 0 aliphatic carbocycles. The van der Waals surface area contributed by atoms with Crippen LogP contribution in [0.5, 0.6) is 0 Å². The zero-order chi connectivity index (χ0) is 16.3. The second-order valence-electron chi connectivity index (χ2n) is 6.20. The normalized spacial score (nSPS) is 12.9. The van der Waals surface area contributed by atoms with Gasteiger partial charge in [-0.2, -0.15) is 0 Å². The molecule has 118 valence electrons. The van der Waals surface area contributed by atoms with Gasteiger partial charge in [0.25, 0.3) is 0 Å². The van der Waals surface area contributed by atoms with E-state index in [9.17, 15) is 4.79 Å². The van der Waals surface area contributed by atoms with Crippen LogP contribution in [0.3, 0.4) is 0 Å². The van der Waals surface area contributed by atoms with Gasteiger partial charge in [-0.1, -0.05) is 30.3 Å². The van der Waals surface area contributed by atoms with Gasteiger partial charge in [-0.3, -0.25) is 4.79 Å². The maximum absolute atomic E-state index is 12.7. The van der Waals surface area contributed by atoms with Crippen molar-refractivity contribution in [3.8, 4) is 0 Å². The lowest BCUT2D eigenvalue weighted by atomic mass is 10.1. The third-order valence-corrected chi connectivity index (χ3v) is 4.83. The highest BCUT2D eigenvalue weighted by atomic mass is 32.2. The molecule has 1 atom stereocenters. The molecule has 0 aromatic heterocycles. The van der Waals surface area contributed by atoms with Crippen LogP contribution in [0.25, 0.3) is 10.8 Å². The minimum atomic E-state index is -0.0778. The minimum Gasteiger partial charge on any atom is -0.337 e. The average molecular weight is 315 g/mol. The smallest absolute Gasteiger partial charge is 0.236 e. The van der Waals surface area contributed by atoms with Crippen molar-refractivity contribution in [2.75, 3.05) is 0 Å². The summed E-state index contributed by atoms with van der Waals surface area (Å²) in [7, 11) is 0. The van der Waals surface area contributed by atoms with Crippen LogP contribution in [0.2, 0.25) is 0 Å². The molecule has 1 unspecified atom stereocenters. The van der Waals surface area contributed by atoms with E-state index in [1.807, 2.05) is 24.0 Å². The Morgan fingerprint density at radius 1 is 0.909 bits per heavy atom. The number of amides is 1. The highest BCUT2D eigenvalue weighted by molar-refractivity contribution is 8.00. The molecule has 1 amide bonds. The number of carbonyl (C=O) groups is 1. The summed E-state index contributed by atoms with van der Waals surface area (Å²) in [5.74, 6) is 0.211. The molecule has 2 nitrogen and oxygen atoms in total. The molecule has 2 aromatic rings. The molecular weight excluding hydrogens is 290 g/mol. The Balaban J connectivity index is 2.15. The lowest BCUT2D eigenvalue weighted by molar-refractivity contribution is -0.133. The van der Waals surface area contributed by atoms with Gasteiger partial charge in [0.2, 0.25) is 5.91 Å². The van der Waals surface area contributed by atoms with Crippen LogP contribution in [0.4, 0.5) is 0 Å². The van der Waals surface area contributed by atoms with Crippen molar-refractivity contribution in [1.82, 2.24) is 4.90 Å². The first-order valence-electron chi connectivity index (χ1n) is 7.87. The number of hydrogen-bond acceptors (Lipinski definition) is 2. The van der Waals surface area contributed by atoms with Gasteiger partial charge in [0.05, 0.1) is 5.25 Å². The molecule has 3 heteroatoms. The van der Waals surface area contributed by atoms with Crippen LogP contribution < -0.4 is 0 Å². The summed E-state index contributed by atoms with van der Waals surface area (Å²) in [5.41, 5.74) is 0. The zero-order valence-corrected chi connectivity index (χ0v) is 14.9. The van der Waals surface area contributed by atoms with Crippen molar-refractivity contribution >= 4 is 28.4 Å². The van der Waals surface area contributed by atoms with Crippen LogP contribution >= 0.6 is 11.8 Å². The molecule has 0 radical (unpaired) electrons. The molecule has 0 aliphatic heterocycles. The fourth-order valence-electron chi connectivity index (χ4n) is 2.81. The lowest BCUT2D eigenvalue weighted by Crippen LogP contribution is -2.45. The summed E-state index contributed by atoms with van der Waals surface area (Å²) >= 11 is 1.64. The van der Waals surface area contributed by atoms with Crippen molar-refractivity contribution in [1.29, 1.82) is 0 Å². The van der Waals surface area contributed by atoms with Crippen molar-refractivity contribution in [2.24, 2.45) is 0 Å². The maximum atomic E-state index is 12.7. The van der Waals surface area contributed by atoms with E-state index in [1.54, 1.807) is 11.8 Å². The lowest BCUT2D eigenvalue weighted by Gasteiger charge is -2.33. The van der Waals surface area contributed by atoms with E-state index in [2.05, 4.69) is 58.0 Å². The first-order chi connectivity index (χ1) is 10.4. The molecule has 0 saturated heterocycles. The van der Waals surface area contributed by atoms with Crippen LogP contribution in [0, 0.1) is 0 Å². The van der Waals surface area contributed by atoms with E-state index in [0.29, 0.717) is 0 Å². The predicted octanol–water partition coefficient (Wildman–Crippen LogP) is 4.97. The van der Waals surface area contributed by atoms with Gasteiger partial charge in [-0.05, 0) is 57.5 Å². The highest BCUT2D eigenvalue weighted by Gasteiger charge is 2.25. The molecule has 22 heavy (non-hydrogen) atoms. The summed E-state index contributed by atoms with van der Waals surface area (Å²) in [5, 5.41) is 2.37. The summed E-state index contributed by atoms with van der Waals surface area (Å²) in [6.45, 7) is 10.3. The fraction of sp³-hybridized carbons (Fsp3) is 0.421. The van der Waals surface area contributed by atoms with Crippen LogP contribution in [0.15, 0.2) is 47.4 Å². The molecule has 0 spiro atoms. The second-order valence-corrected chi connectivity index (χ2v) is 7.62. The van der Waals surface area contributed by atoms with Crippen molar-refractivity contribution in [3.63, 3.8) is 0 Å². The largest absolute Gasteiger partial charge is 0.337 e. The van der Waals surface area contributed by atoms with Gasteiger partial charge >= 0.3 is 0 Å². The molecule has 0 fully saturated rings. The molecule has 2 rings (SSSR count). The third kappa shape index (κ3) is 3.83. The Morgan fingerprint density at radius 2 is 1.50 bits per heavy atom. The summed E-state index contributed by atoms with van der Waals surface area (Å²) < 4.78 is 0. The Labute approximate surface area is 137 Å². The van der Waals surface area contributed by atoms with E-state index in [-0.39, 0.29) is 23.2 Å². The Hall–Kier alpha value is -1.48. The highest BCUT2D eigenvalue weighted by Crippen LogP contribution is 2.28. The monoisotopic (exact) mass is 315 g/mol.